The molecule has 0 bridgehead atoms. The van der Waals surface area contributed by atoms with Crippen molar-refractivity contribution >= 4 is 0 Å². The van der Waals surface area contributed by atoms with Crippen LogP contribution in [0.15, 0.2) is 48.5 Å². The lowest BCUT2D eigenvalue weighted by molar-refractivity contribution is 0.475. The van der Waals surface area contributed by atoms with Gasteiger partial charge in [0.05, 0.1) is 0 Å². The number of hydrogen-bond acceptors (Lipinski definition) is 2. The Morgan fingerprint density at radius 2 is 1.83 bits per heavy atom. The Labute approximate surface area is 108 Å². The lowest BCUT2D eigenvalue weighted by atomic mass is 9.91. The van der Waals surface area contributed by atoms with E-state index in [1.165, 1.54) is 16.7 Å². The molecule has 0 saturated carbocycles. The minimum atomic E-state index is 0.304. The van der Waals surface area contributed by atoms with Gasteiger partial charge in [0.2, 0.25) is 0 Å². The van der Waals surface area contributed by atoms with Gasteiger partial charge in [-0.05, 0) is 43.1 Å². The van der Waals surface area contributed by atoms with E-state index in [1.54, 1.807) is 12.1 Å². The Morgan fingerprint density at radius 1 is 1.11 bits per heavy atom. The SMILES string of the molecule is Cc1cccc(C(CN)Cc2ccc(O)cc2)c1. The molecule has 0 radical (unpaired) electrons. The summed E-state index contributed by atoms with van der Waals surface area (Å²) in [7, 11) is 0. The number of aryl methyl sites for hydroxylation is 1. The lowest BCUT2D eigenvalue weighted by Crippen LogP contribution is -2.15. The Hall–Kier alpha value is -1.80. The first-order valence-corrected chi connectivity index (χ1v) is 6.23. The molecule has 0 saturated heterocycles. The molecule has 2 heteroatoms. The molecule has 0 aliphatic rings. The summed E-state index contributed by atoms with van der Waals surface area (Å²) >= 11 is 0. The summed E-state index contributed by atoms with van der Waals surface area (Å²) in [5.41, 5.74) is 9.63. The molecule has 2 rings (SSSR count). The number of hydrogen-bond donors (Lipinski definition) is 2. The first-order chi connectivity index (χ1) is 8.69. The van der Waals surface area contributed by atoms with Crippen LogP contribution >= 0.6 is 0 Å². The number of aromatic hydroxyl groups is 1. The van der Waals surface area contributed by atoms with Crippen molar-refractivity contribution in [1.82, 2.24) is 0 Å². The second-order valence-corrected chi connectivity index (χ2v) is 4.72. The zero-order valence-electron chi connectivity index (χ0n) is 10.6. The summed E-state index contributed by atoms with van der Waals surface area (Å²) in [4.78, 5) is 0. The van der Waals surface area contributed by atoms with E-state index in [-0.39, 0.29) is 0 Å². The molecule has 0 fully saturated rings. The van der Waals surface area contributed by atoms with E-state index >= 15 is 0 Å². The van der Waals surface area contributed by atoms with E-state index in [2.05, 4.69) is 31.2 Å². The van der Waals surface area contributed by atoms with E-state index in [0.717, 1.165) is 6.42 Å². The van der Waals surface area contributed by atoms with Crippen molar-refractivity contribution in [2.75, 3.05) is 6.54 Å². The molecule has 1 unspecified atom stereocenters. The van der Waals surface area contributed by atoms with E-state index < -0.39 is 0 Å². The summed E-state index contributed by atoms with van der Waals surface area (Å²) in [6.07, 6.45) is 0.903. The fourth-order valence-electron chi connectivity index (χ4n) is 2.18. The van der Waals surface area contributed by atoms with Gasteiger partial charge in [-0.3, -0.25) is 0 Å². The molecule has 2 nitrogen and oxygen atoms in total. The summed E-state index contributed by atoms with van der Waals surface area (Å²) in [5.74, 6) is 0.632. The molecule has 2 aromatic carbocycles. The number of rotatable bonds is 4. The summed E-state index contributed by atoms with van der Waals surface area (Å²) < 4.78 is 0. The van der Waals surface area contributed by atoms with E-state index in [4.69, 9.17) is 5.73 Å². The molecule has 0 aliphatic heterocycles. The maximum atomic E-state index is 9.28. The first-order valence-electron chi connectivity index (χ1n) is 6.23. The molecule has 0 heterocycles. The predicted molar refractivity (Wildman–Crippen MR) is 74.8 cm³/mol. The standard InChI is InChI=1S/C16H19NO/c1-12-3-2-4-14(9-12)15(11-17)10-13-5-7-16(18)8-6-13/h2-9,15,18H,10-11,17H2,1H3. The smallest absolute Gasteiger partial charge is 0.115 e. The number of phenolic OH excluding ortho intramolecular Hbond substituents is 1. The largest absolute Gasteiger partial charge is 0.508 e. The maximum Gasteiger partial charge on any atom is 0.115 e. The maximum absolute atomic E-state index is 9.28. The van der Waals surface area contributed by atoms with Crippen LogP contribution in [0.1, 0.15) is 22.6 Å². The van der Waals surface area contributed by atoms with E-state index in [9.17, 15) is 5.11 Å². The zero-order valence-corrected chi connectivity index (χ0v) is 10.6. The van der Waals surface area contributed by atoms with Gasteiger partial charge in [-0.2, -0.15) is 0 Å². The van der Waals surface area contributed by atoms with Crippen molar-refractivity contribution in [1.29, 1.82) is 0 Å². The highest BCUT2D eigenvalue weighted by Gasteiger charge is 2.10. The molecule has 94 valence electrons. The third-order valence-electron chi connectivity index (χ3n) is 3.22. The fraction of sp³-hybridized carbons (Fsp3) is 0.250. The number of benzene rings is 2. The average molecular weight is 241 g/mol. The van der Waals surface area contributed by atoms with Gasteiger partial charge in [-0.25, -0.2) is 0 Å². The van der Waals surface area contributed by atoms with Crippen LogP contribution in [0.25, 0.3) is 0 Å². The summed E-state index contributed by atoms with van der Waals surface area (Å²) in [6.45, 7) is 2.72. The Kier molecular flexibility index (Phi) is 4.00. The third-order valence-corrected chi connectivity index (χ3v) is 3.22. The second kappa shape index (κ2) is 5.69. The first kappa shape index (κ1) is 12.7. The van der Waals surface area contributed by atoms with Crippen molar-refractivity contribution in [3.05, 3.63) is 65.2 Å². The summed E-state index contributed by atoms with van der Waals surface area (Å²) in [5, 5.41) is 9.28. The molecular formula is C16H19NO. The minimum absolute atomic E-state index is 0.304. The van der Waals surface area contributed by atoms with Gasteiger partial charge in [0.15, 0.2) is 0 Å². The van der Waals surface area contributed by atoms with Crippen LogP contribution in [0.2, 0.25) is 0 Å². The Balaban J connectivity index is 2.17. The van der Waals surface area contributed by atoms with Gasteiger partial charge in [-0.1, -0.05) is 42.0 Å². The highest BCUT2D eigenvalue weighted by atomic mass is 16.3. The van der Waals surface area contributed by atoms with Gasteiger partial charge in [0.1, 0.15) is 5.75 Å². The van der Waals surface area contributed by atoms with Gasteiger partial charge in [0.25, 0.3) is 0 Å². The molecule has 0 spiro atoms. The third kappa shape index (κ3) is 3.11. The minimum Gasteiger partial charge on any atom is -0.508 e. The van der Waals surface area contributed by atoms with E-state index in [1.807, 2.05) is 12.1 Å². The molecular weight excluding hydrogens is 222 g/mol. The number of phenols is 1. The average Bonchev–Trinajstić information content (AvgIpc) is 2.38. The van der Waals surface area contributed by atoms with Crippen molar-refractivity contribution in [3.8, 4) is 5.75 Å². The summed E-state index contributed by atoms with van der Waals surface area (Å²) in [6, 6.07) is 15.8. The van der Waals surface area contributed by atoms with Crippen molar-refractivity contribution in [3.63, 3.8) is 0 Å². The second-order valence-electron chi connectivity index (χ2n) is 4.72. The van der Waals surface area contributed by atoms with Gasteiger partial charge in [0, 0.05) is 5.92 Å². The monoisotopic (exact) mass is 241 g/mol. The quantitative estimate of drug-likeness (QED) is 0.864. The van der Waals surface area contributed by atoms with E-state index in [0.29, 0.717) is 18.2 Å². The predicted octanol–water partition coefficient (Wildman–Crippen LogP) is 2.99. The fourth-order valence-corrected chi connectivity index (χ4v) is 2.18. The topological polar surface area (TPSA) is 46.2 Å². The van der Waals surface area contributed by atoms with Crippen LogP contribution in [0.3, 0.4) is 0 Å². The van der Waals surface area contributed by atoms with Crippen LogP contribution in [-0.2, 0) is 6.42 Å². The number of nitrogens with two attached hydrogens (primary N) is 1. The lowest BCUT2D eigenvalue weighted by Gasteiger charge is -2.16. The zero-order chi connectivity index (χ0) is 13.0. The molecule has 0 aromatic heterocycles. The molecule has 18 heavy (non-hydrogen) atoms. The molecule has 3 N–H and O–H groups in total. The van der Waals surface area contributed by atoms with Gasteiger partial charge < -0.3 is 10.8 Å². The van der Waals surface area contributed by atoms with Crippen molar-refractivity contribution < 1.29 is 5.11 Å². The normalized spacial score (nSPS) is 12.3. The van der Waals surface area contributed by atoms with Crippen LogP contribution in [-0.4, -0.2) is 11.7 Å². The molecule has 0 aliphatic carbocycles. The highest BCUT2D eigenvalue weighted by Crippen LogP contribution is 2.22. The molecule has 0 amide bonds. The van der Waals surface area contributed by atoms with Crippen LogP contribution in [0, 0.1) is 6.92 Å². The van der Waals surface area contributed by atoms with Crippen molar-refractivity contribution in [2.45, 2.75) is 19.3 Å². The molecule has 2 aromatic rings. The van der Waals surface area contributed by atoms with Gasteiger partial charge >= 0.3 is 0 Å². The van der Waals surface area contributed by atoms with Gasteiger partial charge in [-0.15, -0.1) is 0 Å². The highest BCUT2D eigenvalue weighted by molar-refractivity contribution is 5.30. The molecule has 1 atom stereocenters. The van der Waals surface area contributed by atoms with Crippen LogP contribution in [0.5, 0.6) is 5.75 Å². The Morgan fingerprint density at radius 3 is 2.44 bits per heavy atom. The van der Waals surface area contributed by atoms with Crippen molar-refractivity contribution in [2.24, 2.45) is 5.73 Å². The van der Waals surface area contributed by atoms with Crippen LogP contribution < -0.4 is 5.73 Å². The van der Waals surface area contributed by atoms with Crippen LogP contribution in [0.4, 0.5) is 0 Å². The Bertz CT molecular complexity index is 505.